The van der Waals surface area contributed by atoms with Crippen molar-refractivity contribution in [1.29, 1.82) is 0 Å². The van der Waals surface area contributed by atoms with E-state index in [2.05, 4.69) is 23.2 Å². The van der Waals surface area contributed by atoms with E-state index in [1.54, 1.807) is 0 Å². The maximum Gasteiger partial charge on any atom is 0.123 e. The summed E-state index contributed by atoms with van der Waals surface area (Å²) in [6, 6.07) is 4.47. The number of nitrogens with one attached hydrogen (secondary N) is 1. The summed E-state index contributed by atoms with van der Waals surface area (Å²) in [6.45, 7) is 2.16. The van der Waals surface area contributed by atoms with Crippen LogP contribution >= 0.6 is 0 Å². The molecule has 2 aromatic rings. The van der Waals surface area contributed by atoms with Crippen LogP contribution in [0.15, 0.2) is 18.3 Å². The third kappa shape index (κ3) is 2.45. The molecule has 0 amide bonds. The van der Waals surface area contributed by atoms with Crippen molar-refractivity contribution in [3.8, 4) is 5.75 Å². The normalized spacial score (nSPS) is 23.7. The second-order valence-corrected chi connectivity index (χ2v) is 5.38. The molecule has 3 N–H and O–H groups in total. The lowest BCUT2D eigenvalue weighted by Crippen LogP contribution is -2.31. The van der Waals surface area contributed by atoms with Crippen LogP contribution in [0.5, 0.6) is 5.75 Å². The van der Waals surface area contributed by atoms with Gasteiger partial charge >= 0.3 is 0 Å². The minimum absolute atomic E-state index is 0.314. The van der Waals surface area contributed by atoms with Gasteiger partial charge in [-0.2, -0.15) is 5.10 Å². The van der Waals surface area contributed by atoms with E-state index in [1.165, 1.54) is 10.9 Å². The van der Waals surface area contributed by atoms with Crippen LogP contribution < -0.4 is 10.5 Å². The van der Waals surface area contributed by atoms with E-state index >= 15 is 0 Å². The van der Waals surface area contributed by atoms with Crippen molar-refractivity contribution >= 4 is 10.9 Å². The fourth-order valence-electron chi connectivity index (χ4n) is 2.92. The SMILES string of the molecule is CCc1c(OC2CCC(N)CC2)ccc2[nH]ncc12. The Morgan fingerprint density at radius 2 is 2.11 bits per heavy atom. The van der Waals surface area contributed by atoms with E-state index in [0.717, 1.165) is 43.4 Å². The quantitative estimate of drug-likeness (QED) is 0.890. The number of hydrogen-bond acceptors (Lipinski definition) is 3. The molecule has 0 bridgehead atoms. The molecule has 0 radical (unpaired) electrons. The van der Waals surface area contributed by atoms with Gasteiger partial charge in [-0.05, 0) is 44.2 Å². The van der Waals surface area contributed by atoms with Crippen LogP contribution in [-0.2, 0) is 6.42 Å². The van der Waals surface area contributed by atoms with Gasteiger partial charge in [0.15, 0.2) is 0 Å². The number of nitrogens with two attached hydrogens (primary N) is 1. The number of ether oxygens (including phenoxy) is 1. The molecule has 0 aliphatic heterocycles. The van der Waals surface area contributed by atoms with Crippen LogP contribution in [0.2, 0.25) is 0 Å². The van der Waals surface area contributed by atoms with Gasteiger partial charge in [-0.1, -0.05) is 6.92 Å². The monoisotopic (exact) mass is 259 g/mol. The summed E-state index contributed by atoms with van der Waals surface area (Å²) in [4.78, 5) is 0. The Balaban J connectivity index is 1.84. The zero-order valence-electron chi connectivity index (χ0n) is 11.4. The van der Waals surface area contributed by atoms with Crippen LogP contribution in [0.25, 0.3) is 10.9 Å². The lowest BCUT2D eigenvalue weighted by molar-refractivity contribution is 0.146. The van der Waals surface area contributed by atoms with Gasteiger partial charge in [-0.25, -0.2) is 0 Å². The first-order chi connectivity index (χ1) is 9.28. The number of rotatable bonds is 3. The predicted octanol–water partition coefficient (Wildman–Crippen LogP) is 2.77. The fourth-order valence-corrected chi connectivity index (χ4v) is 2.92. The highest BCUT2D eigenvalue weighted by Gasteiger charge is 2.21. The molecule has 1 fully saturated rings. The van der Waals surface area contributed by atoms with Crippen LogP contribution in [-0.4, -0.2) is 22.3 Å². The van der Waals surface area contributed by atoms with Gasteiger partial charge in [0, 0.05) is 17.0 Å². The maximum atomic E-state index is 6.21. The third-order valence-corrected chi connectivity index (χ3v) is 4.06. The molecule has 1 aromatic heterocycles. The van der Waals surface area contributed by atoms with Crippen molar-refractivity contribution in [2.75, 3.05) is 0 Å². The number of aryl methyl sites for hydroxylation is 1. The number of H-pyrrole nitrogens is 1. The van der Waals surface area contributed by atoms with Gasteiger partial charge in [0.05, 0.1) is 17.8 Å². The van der Waals surface area contributed by atoms with Gasteiger partial charge in [-0.15, -0.1) is 0 Å². The minimum atomic E-state index is 0.314. The highest BCUT2D eigenvalue weighted by Crippen LogP contribution is 2.30. The van der Waals surface area contributed by atoms with Gasteiger partial charge in [0.2, 0.25) is 0 Å². The van der Waals surface area contributed by atoms with Crippen molar-refractivity contribution < 1.29 is 4.74 Å². The van der Waals surface area contributed by atoms with Crippen LogP contribution in [0, 0.1) is 0 Å². The smallest absolute Gasteiger partial charge is 0.123 e. The number of hydrogen-bond donors (Lipinski definition) is 2. The van der Waals surface area contributed by atoms with Crippen LogP contribution in [0.1, 0.15) is 38.2 Å². The lowest BCUT2D eigenvalue weighted by Gasteiger charge is -2.27. The van der Waals surface area contributed by atoms with Crippen molar-refractivity contribution in [1.82, 2.24) is 10.2 Å². The van der Waals surface area contributed by atoms with Crippen molar-refractivity contribution in [2.24, 2.45) is 5.73 Å². The van der Waals surface area contributed by atoms with E-state index in [-0.39, 0.29) is 0 Å². The predicted molar refractivity (Wildman–Crippen MR) is 76.3 cm³/mol. The molecule has 1 aliphatic rings. The second kappa shape index (κ2) is 5.21. The summed E-state index contributed by atoms with van der Waals surface area (Å²) < 4.78 is 6.21. The molecule has 1 aliphatic carbocycles. The first kappa shape index (κ1) is 12.5. The Labute approximate surface area is 113 Å². The summed E-state index contributed by atoms with van der Waals surface area (Å²) in [5.41, 5.74) is 8.27. The highest BCUT2D eigenvalue weighted by atomic mass is 16.5. The molecular weight excluding hydrogens is 238 g/mol. The zero-order valence-corrected chi connectivity index (χ0v) is 11.4. The molecule has 4 nitrogen and oxygen atoms in total. The number of nitrogens with zero attached hydrogens (tertiary/aromatic N) is 1. The fraction of sp³-hybridized carbons (Fsp3) is 0.533. The van der Waals surface area contributed by atoms with E-state index in [9.17, 15) is 0 Å². The lowest BCUT2D eigenvalue weighted by atomic mass is 9.93. The van der Waals surface area contributed by atoms with Gasteiger partial charge in [0.25, 0.3) is 0 Å². The Bertz CT molecular complexity index is 556. The molecule has 0 saturated heterocycles. The van der Waals surface area contributed by atoms with Crippen LogP contribution in [0.3, 0.4) is 0 Å². The molecule has 19 heavy (non-hydrogen) atoms. The number of fused-ring (bicyclic) bond motifs is 1. The number of benzene rings is 1. The summed E-state index contributed by atoms with van der Waals surface area (Å²) in [5, 5.41) is 8.29. The van der Waals surface area contributed by atoms with E-state index in [1.807, 2.05) is 12.3 Å². The van der Waals surface area contributed by atoms with Gasteiger partial charge < -0.3 is 10.5 Å². The Morgan fingerprint density at radius 3 is 2.84 bits per heavy atom. The van der Waals surface area contributed by atoms with Crippen molar-refractivity contribution in [2.45, 2.75) is 51.2 Å². The highest BCUT2D eigenvalue weighted by molar-refractivity contribution is 5.84. The maximum absolute atomic E-state index is 6.21. The molecule has 1 aromatic carbocycles. The Hall–Kier alpha value is -1.55. The molecular formula is C15H21N3O. The van der Waals surface area contributed by atoms with E-state index < -0.39 is 0 Å². The first-order valence-electron chi connectivity index (χ1n) is 7.15. The summed E-state index contributed by atoms with van der Waals surface area (Å²) in [6.07, 6.45) is 7.42. The van der Waals surface area contributed by atoms with E-state index in [0.29, 0.717) is 12.1 Å². The zero-order chi connectivity index (χ0) is 13.2. The third-order valence-electron chi connectivity index (χ3n) is 4.06. The Morgan fingerprint density at radius 1 is 1.32 bits per heavy atom. The number of aromatic amines is 1. The molecule has 102 valence electrons. The van der Waals surface area contributed by atoms with E-state index in [4.69, 9.17) is 10.5 Å². The first-order valence-corrected chi connectivity index (χ1v) is 7.15. The molecule has 0 spiro atoms. The molecule has 3 rings (SSSR count). The Kier molecular flexibility index (Phi) is 3.42. The number of aromatic nitrogens is 2. The molecule has 1 heterocycles. The summed E-state index contributed by atoms with van der Waals surface area (Å²) in [7, 11) is 0. The van der Waals surface area contributed by atoms with Crippen molar-refractivity contribution in [3.63, 3.8) is 0 Å². The molecule has 0 atom stereocenters. The summed E-state index contributed by atoms with van der Waals surface area (Å²) in [5.74, 6) is 1.01. The van der Waals surface area contributed by atoms with Gasteiger partial charge in [-0.3, -0.25) is 5.10 Å². The average Bonchev–Trinajstić information content (AvgIpc) is 2.89. The molecule has 0 unspecified atom stereocenters. The molecule has 1 saturated carbocycles. The van der Waals surface area contributed by atoms with Crippen LogP contribution in [0.4, 0.5) is 0 Å². The topological polar surface area (TPSA) is 63.9 Å². The summed E-state index contributed by atoms with van der Waals surface area (Å²) >= 11 is 0. The average molecular weight is 259 g/mol. The standard InChI is InChI=1S/C15H21N3O/c1-2-12-13-9-17-18-14(13)7-8-15(12)19-11-5-3-10(16)4-6-11/h7-11H,2-6,16H2,1H3,(H,17,18). The largest absolute Gasteiger partial charge is 0.490 e. The second-order valence-electron chi connectivity index (χ2n) is 5.38. The molecule has 4 heteroatoms. The minimum Gasteiger partial charge on any atom is -0.490 e. The van der Waals surface area contributed by atoms with Gasteiger partial charge in [0.1, 0.15) is 5.75 Å². The van der Waals surface area contributed by atoms with Crippen molar-refractivity contribution in [3.05, 3.63) is 23.9 Å².